The lowest BCUT2D eigenvalue weighted by molar-refractivity contribution is -0.165. The Kier molecular flexibility index (Phi) is 6.93. The van der Waals surface area contributed by atoms with Gasteiger partial charge in [-0.15, -0.1) is 0 Å². The third kappa shape index (κ3) is 5.13. The van der Waals surface area contributed by atoms with Crippen LogP contribution in [0.1, 0.15) is 33.9 Å². The van der Waals surface area contributed by atoms with Gasteiger partial charge in [-0.05, 0) is 13.8 Å². The van der Waals surface area contributed by atoms with Crippen molar-refractivity contribution in [3.63, 3.8) is 0 Å². The second-order valence-corrected chi connectivity index (χ2v) is 8.09. The summed E-state index contributed by atoms with van der Waals surface area (Å²) in [5.74, 6) is -1.48. The van der Waals surface area contributed by atoms with E-state index in [0.717, 1.165) is 29.8 Å². The van der Waals surface area contributed by atoms with Crippen molar-refractivity contribution in [2.45, 2.75) is 58.3 Å². The summed E-state index contributed by atoms with van der Waals surface area (Å²) in [5.41, 5.74) is 5.81. The highest BCUT2D eigenvalue weighted by Crippen LogP contribution is 2.35. The maximum Gasteiger partial charge on any atom is 0.508 e. The third-order valence-corrected chi connectivity index (χ3v) is 5.10. The van der Waals surface area contributed by atoms with Gasteiger partial charge in [0.15, 0.2) is 24.1 Å². The fraction of sp³-hybridized carbons (Fsp3) is 0.556. The normalized spacial score (nSPS) is 22.7. The summed E-state index contributed by atoms with van der Waals surface area (Å²) in [4.78, 5) is 55.5. The van der Waals surface area contributed by atoms with Crippen LogP contribution in [-0.4, -0.2) is 63.7 Å². The van der Waals surface area contributed by atoms with Crippen LogP contribution in [0.2, 0.25) is 0 Å². The smallest absolute Gasteiger partial charge is 0.455 e. The van der Waals surface area contributed by atoms with Gasteiger partial charge in [-0.1, -0.05) is 11.3 Å². The van der Waals surface area contributed by atoms with Crippen LogP contribution in [0.25, 0.3) is 10.3 Å². The van der Waals surface area contributed by atoms with Gasteiger partial charge >= 0.3 is 23.0 Å². The van der Waals surface area contributed by atoms with Crippen molar-refractivity contribution >= 4 is 45.7 Å². The number of nitrogens with two attached hydrogens (primary N) is 1. The van der Waals surface area contributed by atoms with Gasteiger partial charge in [0.1, 0.15) is 12.7 Å². The number of esters is 2. The van der Waals surface area contributed by atoms with Crippen LogP contribution in [0.4, 0.5) is 10.7 Å². The molecule has 1 aliphatic heterocycles. The highest BCUT2D eigenvalue weighted by Gasteiger charge is 2.51. The van der Waals surface area contributed by atoms with Gasteiger partial charge in [-0.25, -0.2) is 9.78 Å². The average molecular weight is 470 g/mol. The molecular weight excluding hydrogens is 448 g/mol. The number of carbonyl (C=O) groups is 3. The highest BCUT2D eigenvalue weighted by molar-refractivity contribution is 7.16. The number of ether oxygens (including phenoxy) is 5. The molecule has 0 spiro atoms. The summed E-state index contributed by atoms with van der Waals surface area (Å²) in [6.07, 6.45) is -4.74. The van der Waals surface area contributed by atoms with Crippen LogP contribution in [0, 0.1) is 0 Å². The van der Waals surface area contributed by atoms with Crippen molar-refractivity contribution in [1.82, 2.24) is 14.5 Å². The first-order valence-electron chi connectivity index (χ1n) is 9.53. The minimum Gasteiger partial charge on any atom is -0.455 e. The number of nitrogen functional groups attached to an aromatic ring is 1. The van der Waals surface area contributed by atoms with E-state index in [0.29, 0.717) is 4.70 Å². The van der Waals surface area contributed by atoms with Crippen molar-refractivity contribution in [1.29, 1.82) is 0 Å². The Hall–Kier alpha value is -3.26. The third-order valence-electron chi connectivity index (χ3n) is 4.22. The molecule has 0 amide bonds. The molecular formula is C18H22N4O9S. The van der Waals surface area contributed by atoms with Crippen molar-refractivity contribution in [3.05, 3.63) is 15.9 Å². The van der Waals surface area contributed by atoms with E-state index in [1.165, 1.54) is 6.20 Å². The maximum atomic E-state index is 12.7. The second kappa shape index (κ2) is 9.48. The van der Waals surface area contributed by atoms with Crippen LogP contribution < -0.4 is 10.6 Å². The predicted molar refractivity (Wildman–Crippen MR) is 109 cm³/mol. The van der Waals surface area contributed by atoms with Crippen LogP contribution in [-0.2, 0) is 33.3 Å². The zero-order valence-corrected chi connectivity index (χ0v) is 18.5. The molecule has 0 aliphatic carbocycles. The predicted octanol–water partition coefficient (Wildman–Crippen LogP) is 0.758. The van der Waals surface area contributed by atoms with Crippen molar-refractivity contribution < 1.29 is 38.1 Å². The maximum absolute atomic E-state index is 12.7. The molecule has 3 rings (SSSR count). The van der Waals surface area contributed by atoms with Crippen LogP contribution >= 0.6 is 11.3 Å². The van der Waals surface area contributed by atoms with Gasteiger partial charge in [-0.2, -0.15) is 4.98 Å². The number of anilines is 1. The number of aromatic nitrogens is 3. The summed E-state index contributed by atoms with van der Waals surface area (Å²) in [7, 11) is 0. The molecule has 1 saturated heterocycles. The van der Waals surface area contributed by atoms with Gasteiger partial charge in [0.25, 0.3) is 0 Å². The minimum absolute atomic E-state index is 0.0843. The van der Waals surface area contributed by atoms with Gasteiger partial charge in [0.05, 0.1) is 17.0 Å². The molecule has 4 atom stereocenters. The lowest BCUT2D eigenvalue weighted by atomic mass is 10.1. The summed E-state index contributed by atoms with van der Waals surface area (Å²) in [5, 5.41) is 0. The second-order valence-electron chi connectivity index (χ2n) is 7.09. The summed E-state index contributed by atoms with van der Waals surface area (Å²) in [6.45, 7) is 5.20. The monoisotopic (exact) mass is 470 g/mol. The number of rotatable bonds is 6. The summed E-state index contributed by atoms with van der Waals surface area (Å²) < 4.78 is 28.1. The Morgan fingerprint density at radius 3 is 2.50 bits per heavy atom. The molecule has 3 heterocycles. The number of nitrogens with zero attached hydrogens (tertiary/aromatic N) is 3. The number of carbonyl (C=O) groups excluding carboxylic acids is 3. The number of hydrogen-bond donors (Lipinski definition) is 1. The molecule has 14 heteroatoms. The topological polar surface area (TPSA) is 171 Å². The van der Waals surface area contributed by atoms with Gasteiger partial charge < -0.3 is 29.4 Å². The van der Waals surface area contributed by atoms with Crippen LogP contribution in [0.15, 0.2) is 11.0 Å². The number of thiazole rings is 1. The Morgan fingerprint density at radius 1 is 1.22 bits per heavy atom. The molecule has 2 aromatic heterocycles. The van der Waals surface area contributed by atoms with Crippen molar-refractivity contribution in [3.8, 4) is 0 Å². The summed E-state index contributed by atoms with van der Waals surface area (Å²) >= 11 is 0.830. The van der Waals surface area contributed by atoms with E-state index in [-0.39, 0.29) is 11.6 Å². The van der Waals surface area contributed by atoms with Crippen molar-refractivity contribution in [2.24, 2.45) is 0 Å². The Bertz CT molecular complexity index is 1080. The SMILES string of the molecule is CC(=O)O[C@@H]1[C@H](OC(C)=O)[C@@H](COC(=O)OC(C)C)O[C@H]1n1c(=O)sc2cnc(N)nc21. The molecule has 1 aliphatic rings. The Balaban J connectivity index is 1.99. The molecule has 0 saturated carbocycles. The first-order valence-corrected chi connectivity index (χ1v) is 10.3. The highest BCUT2D eigenvalue weighted by atomic mass is 32.1. The van der Waals surface area contributed by atoms with E-state index in [4.69, 9.17) is 29.4 Å². The first kappa shape index (κ1) is 23.4. The minimum atomic E-state index is -1.24. The summed E-state index contributed by atoms with van der Waals surface area (Å²) in [6, 6.07) is 0. The van der Waals surface area contributed by atoms with E-state index in [2.05, 4.69) is 9.97 Å². The molecule has 13 nitrogen and oxygen atoms in total. The average Bonchev–Trinajstić information content (AvgIpc) is 3.15. The lowest BCUT2D eigenvalue weighted by Gasteiger charge is -2.23. The first-order chi connectivity index (χ1) is 15.1. The van der Waals surface area contributed by atoms with Gasteiger partial charge in [0.2, 0.25) is 5.95 Å². The molecule has 174 valence electrons. The van der Waals surface area contributed by atoms with Crippen LogP contribution in [0.3, 0.4) is 0 Å². The molecule has 2 N–H and O–H groups in total. The lowest BCUT2D eigenvalue weighted by Crippen LogP contribution is -2.41. The van der Waals surface area contributed by atoms with E-state index < -0.39 is 60.2 Å². The zero-order valence-electron chi connectivity index (χ0n) is 17.7. The van der Waals surface area contributed by atoms with Crippen molar-refractivity contribution in [2.75, 3.05) is 12.3 Å². The van der Waals surface area contributed by atoms with E-state index in [1.54, 1.807) is 13.8 Å². The number of fused-ring (bicyclic) bond motifs is 1. The number of hydrogen-bond acceptors (Lipinski definition) is 13. The van der Waals surface area contributed by atoms with E-state index >= 15 is 0 Å². The Labute approximate surface area is 185 Å². The molecule has 0 aromatic carbocycles. The molecule has 1 fully saturated rings. The standard InChI is InChI=1S/C18H22N4O9S/c1-7(2)28-18(26)27-6-10-12(29-8(3)23)13(30-9(4)24)15(31-10)22-14-11(32-17(22)25)5-20-16(19)21-14/h5,7,10,12-13,15H,6H2,1-4H3,(H2,19,20,21)/t10-,12-,13-,15-/m1/s1. The molecule has 0 radical (unpaired) electrons. The van der Waals surface area contributed by atoms with Crippen LogP contribution in [0.5, 0.6) is 0 Å². The van der Waals surface area contributed by atoms with E-state index in [1.807, 2.05) is 0 Å². The molecule has 2 aromatic rings. The van der Waals surface area contributed by atoms with Gasteiger partial charge in [0, 0.05) is 13.8 Å². The quantitative estimate of drug-likeness (QED) is 0.465. The zero-order chi connectivity index (χ0) is 23.6. The molecule has 32 heavy (non-hydrogen) atoms. The largest absolute Gasteiger partial charge is 0.508 e. The van der Waals surface area contributed by atoms with Gasteiger partial charge in [-0.3, -0.25) is 19.0 Å². The fourth-order valence-corrected chi connectivity index (χ4v) is 3.97. The fourth-order valence-electron chi connectivity index (χ4n) is 3.15. The van der Waals surface area contributed by atoms with E-state index in [9.17, 15) is 19.2 Å². The molecule has 0 bridgehead atoms. The Morgan fingerprint density at radius 2 is 1.88 bits per heavy atom. The molecule has 0 unspecified atom stereocenters.